The summed E-state index contributed by atoms with van der Waals surface area (Å²) >= 11 is 1.29. The molecule has 0 fully saturated rings. The van der Waals surface area contributed by atoms with Gasteiger partial charge in [-0.15, -0.1) is 10.2 Å². The minimum atomic E-state index is -0.523. The maximum Gasteiger partial charge on any atom is 0.268 e. The van der Waals surface area contributed by atoms with E-state index in [-0.39, 0.29) is 5.57 Å². The molecule has 3 aromatic rings. The molecule has 0 bridgehead atoms. The summed E-state index contributed by atoms with van der Waals surface area (Å²) in [6, 6.07) is 16.9. The molecule has 176 valence electrons. The number of rotatable bonds is 12. The molecule has 0 aliphatic heterocycles. The Morgan fingerprint density at radius 2 is 1.62 bits per heavy atom. The third-order valence-electron chi connectivity index (χ3n) is 4.56. The third-order valence-corrected chi connectivity index (χ3v) is 5.54. The Balaban J connectivity index is 1.38. The van der Waals surface area contributed by atoms with Gasteiger partial charge in [0.1, 0.15) is 41.4 Å². The molecule has 1 N–H and O–H groups in total. The summed E-state index contributed by atoms with van der Waals surface area (Å²) in [7, 11) is 0. The molecule has 3 rings (SSSR count). The molecule has 0 aliphatic rings. The molecule has 9 heteroatoms. The van der Waals surface area contributed by atoms with E-state index in [1.54, 1.807) is 24.3 Å². The van der Waals surface area contributed by atoms with Gasteiger partial charge >= 0.3 is 0 Å². The third kappa shape index (κ3) is 7.99. The Morgan fingerprint density at radius 1 is 1.00 bits per heavy atom. The van der Waals surface area contributed by atoms with Crippen LogP contribution in [0.1, 0.15) is 23.1 Å². The molecule has 0 unspecified atom stereocenters. The molecule has 1 aromatic heterocycles. The van der Waals surface area contributed by atoms with E-state index >= 15 is 0 Å². The van der Waals surface area contributed by atoms with Gasteiger partial charge in [-0.05, 0) is 49.2 Å². The van der Waals surface area contributed by atoms with Gasteiger partial charge < -0.3 is 14.2 Å². The minimum Gasteiger partial charge on any atom is -0.491 e. The van der Waals surface area contributed by atoms with Gasteiger partial charge in [-0.25, -0.2) is 0 Å². The van der Waals surface area contributed by atoms with Crippen LogP contribution in [0.15, 0.2) is 54.1 Å². The number of aromatic nitrogens is 2. The quantitative estimate of drug-likeness (QED) is 0.233. The Hall–Kier alpha value is -3.74. The number of nitrogens with one attached hydrogen (secondary N) is 1. The highest BCUT2D eigenvalue weighted by Crippen LogP contribution is 2.18. The summed E-state index contributed by atoms with van der Waals surface area (Å²) < 4.78 is 16.8. The summed E-state index contributed by atoms with van der Waals surface area (Å²) in [6.45, 7) is 5.75. The van der Waals surface area contributed by atoms with Crippen molar-refractivity contribution in [2.24, 2.45) is 0 Å². The fraction of sp³-hybridized carbons (Fsp3) is 0.280. The highest BCUT2D eigenvalue weighted by molar-refractivity contribution is 7.15. The van der Waals surface area contributed by atoms with Gasteiger partial charge in [0.2, 0.25) is 5.13 Å². The molecule has 0 aliphatic carbocycles. The average Bonchev–Trinajstić information content (AvgIpc) is 3.31. The molecular weight excluding hydrogens is 452 g/mol. The number of aryl methyl sites for hydroxylation is 2. The van der Waals surface area contributed by atoms with Crippen molar-refractivity contribution in [1.82, 2.24) is 10.2 Å². The molecule has 8 nitrogen and oxygen atoms in total. The second-order valence-electron chi connectivity index (χ2n) is 7.17. The average molecular weight is 479 g/mol. The van der Waals surface area contributed by atoms with Crippen LogP contribution in [0, 0.1) is 18.3 Å². The van der Waals surface area contributed by atoms with Crippen molar-refractivity contribution < 1.29 is 19.0 Å². The van der Waals surface area contributed by atoms with Crippen LogP contribution in [0.2, 0.25) is 0 Å². The highest BCUT2D eigenvalue weighted by atomic mass is 32.1. The topological polar surface area (TPSA) is 106 Å². The van der Waals surface area contributed by atoms with E-state index in [4.69, 9.17) is 14.2 Å². The standard InChI is InChI=1S/C25H26N4O4S/c1-3-23-28-29-25(34-23)27-24(30)20(17-26)16-19-6-10-22(11-7-19)33-15-13-31-12-14-32-21-8-4-18(2)5-9-21/h4-11,16H,3,12-15H2,1-2H3,(H,27,29,30)/b20-16-. The number of hydrogen-bond donors (Lipinski definition) is 1. The van der Waals surface area contributed by atoms with Crippen molar-refractivity contribution in [3.05, 3.63) is 70.2 Å². The van der Waals surface area contributed by atoms with Crippen LogP contribution in [0.25, 0.3) is 6.08 Å². The van der Waals surface area contributed by atoms with E-state index in [9.17, 15) is 10.1 Å². The predicted octanol–water partition coefficient (Wildman–Crippen LogP) is 4.43. The normalized spacial score (nSPS) is 11.0. The van der Waals surface area contributed by atoms with Crippen LogP contribution in [-0.4, -0.2) is 42.5 Å². The molecule has 0 saturated heterocycles. The molecule has 2 aromatic carbocycles. The molecule has 0 radical (unpaired) electrons. The molecular formula is C25H26N4O4S. The van der Waals surface area contributed by atoms with Gasteiger partial charge in [0.25, 0.3) is 5.91 Å². The fourth-order valence-corrected chi connectivity index (χ4v) is 3.43. The van der Waals surface area contributed by atoms with Crippen molar-refractivity contribution in [3.63, 3.8) is 0 Å². The maximum atomic E-state index is 12.3. The van der Waals surface area contributed by atoms with Gasteiger partial charge in [-0.1, -0.05) is 48.1 Å². The van der Waals surface area contributed by atoms with Gasteiger partial charge in [-0.2, -0.15) is 5.26 Å². The van der Waals surface area contributed by atoms with Gasteiger partial charge in [-0.3, -0.25) is 10.1 Å². The molecule has 0 saturated carbocycles. The summed E-state index contributed by atoms with van der Waals surface area (Å²) in [5.41, 5.74) is 1.87. The first kappa shape index (κ1) is 24.9. The zero-order chi connectivity index (χ0) is 24.2. The molecule has 0 spiro atoms. The lowest BCUT2D eigenvalue weighted by Gasteiger charge is -2.09. The maximum absolute atomic E-state index is 12.3. The van der Waals surface area contributed by atoms with Crippen LogP contribution in [0.5, 0.6) is 11.5 Å². The van der Waals surface area contributed by atoms with Gasteiger partial charge in [0.05, 0.1) is 13.2 Å². The number of benzene rings is 2. The number of anilines is 1. The van der Waals surface area contributed by atoms with Crippen LogP contribution < -0.4 is 14.8 Å². The van der Waals surface area contributed by atoms with Crippen molar-refractivity contribution in [2.75, 3.05) is 31.7 Å². The fourth-order valence-electron chi connectivity index (χ4n) is 2.76. The van der Waals surface area contributed by atoms with E-state index in [0.717, 1.165) is 17.2 Å². The Morgan fingerprint density at radius 3 is 2.18 bits per heavy atom. The number of carbonyl (C=O) groups excluding carboxylic acids is 1. The Labute approximate surface area is 202 Å². The second kappa shape index (κ2) is 13.1. The number of carbonyl (C=O) groups is 1. The number of nitriles is 1. The van der Waals surface area contributed by atoms with Gasteiger partial charge in [0.15, 0.2) is 0 Å². The summed E-state index contributed by atoms with van der Waals surface area (Å²) in [6.07, 6.45) is 2.25. The highest BCUT2D eigenvalue weighted by Gasteiger charge is 2.12. The zero-order valence-corrected chi connectivity index (χ0v) is 19.9. The minimum absolute atomic E-state index is 0.0248. The van der Waals surface area contributed by atoms with Crippen LogP contribution >= 0.6 is 11.3 Å². The van der Waals surface area contributed by atoms with E-state index in [1.807, 2.05) is 44.2 Å². The molecule has 1 amide bonds. The number of amides is 1. The first-order chi connectivity index (χ1) is 16.6. The van der Waals surface area contributed by atoms with E-state index in [0.29, 0.717) is 42.9 Å². The lowest BCUT2D eigenvalue weighted by Crippen LogP contribution is -2.13. The summed E-state index contributed by atoms with van der Waals surface area (Å²) in [4.78, 5) is 12.3. The zero-order valence-electron chi connectivity index (χ0n) is 19.1. The Kier molecular flexibility index (Phi) is 9.58. The number of nitrogens with zero attached hydrogens (tertiary/aromatic N) is 3. The van der Waals surface area contributed by atoms with Crippen molar-refractivity contribution in [2.45, 2.75) is 20.3 Å². The smallest absolute Gasteiger partial charge is 0.268 e. The number of hydrogen-bond acceptors (Lipinski definition) is 8. The lowest BCUT2D eigenvalue weighted by molar-refractivity contribution is -0.112. The first-order valence-electron chi connectivity index (χ1n) is 10.8. The van der Waals surface area contributed by atoms with Gasteiger partial charge in [0, 0.05) is 0 Å². The molecule has 1 heterocycles. The van der Waals surface area contributed by atoms with Crippen molar-refractivity contribution >= 4 is 28.5 Å². The predicted molar refractivity (Wildman–Crippen MR) is 131 cm³/mol. The van der Waals surface area contributed by atoms with E-state index in [2.05, 4.69) is 15.5 Å². The monoisotopic (exact) mass is 478 g/mol. The van der Waals surface area contributed by atoms with E-state index in [1.165, 1.54) is 23.0 Å². The van der Waals surface area contributed by atoms with Crippen LogP contribution in [0.4, 0.5) is 5.13 Å². The molecule has 0 atom stereocenters. The largest absolute Gasteiger partial charge is 0.491 e. The van der Waals surface area contributed by atoms with Crippen molar-refractivity contribution in [3.8, 4) is 17.6 Å². The summed E-state index contributed by atoms with van der Waals surface area (Å²) in [5.74, 6) is 0.966. The SMILES string of the molecule is CCc1nnc(NC(=O)/C(C#N)=C\c2ccc(OCCOCCOc3ccc(C)cc3)cc2)s1. The second-order valence-corrected chi connectivity index (χ2v) is 8.23. The van der Waals surface area contributed by atoms with Crippen LogP contribution in [-0.2, 0) is 16.0 Å². The lowest BCUT2D eigenvalue weighted by atomic mass is 10.1. The van der Waals surface area contributed by atoms with E-state index < -0.39 is 5.91 Å². The molecule has 34 heavy (non-hydrogen) atoms. The first-order valence-corrected chi connectivity index (χ1v) is 11.6. The summed E-state index contributed by atoms with van der Waals surface area (Å²) in [5, 5.41) is 21.0. The van der Waals surface area contributed by atoms with Crippen LogP contribution in [0.3, 0.4) is 0 Å². The Bertz CT molecular complexity index is 1130. The number of ether oxygens (including phenoxy) is 3. The van der Waals surface area contributed by atoms with Crippen molar-refractivity contribution in [1.29, 1.82) is 5.26 Å².